The molecule has 0 spiro atoms. The lowest BCUT2D eigenvalue weighted by Gasteiger charge is -2.31. The topological polar surface area (TPSA) is 32.3 Å². The van der Waals surface area contributed by atoms with E-state index < -0.39 is 0 Å². The van der Waals surface area contributed by atoms with Crippen molar-refractivity contribution in [3.8, 4) is 0 Å². The maximum absolute atomic E-state index is 12.2. The van der Waals surface area contributed by atoms with Gasteiger partial charge in [-0.05, 0) is 30.5 Å². The molecule has 1 aliphatic heterocycles. The van der Waals surface area contributed by atoms with Crippen LogP contribution >= 0.6 is 0 Å². The Kier molecular flexibility index (Phi) is 5.80. The quantitative estimate of drug-likeness (QED) is 0.913. The molecule has 0 saturated carbocycles. The zero-order chi connectivity index (χ0) is 16.6. The molecule has 0 radical (unpaired) electrons. The smallest absolute Gasteiger partial charge is 0.251 e. The Labute approximate surface area is 144 Å². The molecule has 1 N–H and O–H groups in total. The lowest BCUT2D eigenvalue weighted by atomic mass is 10.0. The molecule has 0 bridgehead atoms. The van der Waals surface area contributed by atoms with Gasteiger partial charge in [-0.2, -0.15) is 0 Å². The van der Waals surface area contributed by atoms with E-state index >= 15 is 0 Å². The molecule has 0 aliphatic carbocycles. The molecule has 3 heteroatoms. The van der Waals surface area contributed by atoms with E-state index in [1.807, 2.05) is 36.4 Å². The van der Waals surface area contributed by atoms with Crippen LogP contribution in [0.1, 0.15) is 28.8 Å². The maximum Gasteiger partial charge on any atom is 0.251 e. The number of benzene rings is 2. The van der Waals surface area contributed by atoms with Gasteiger partial charge in [-0.3, -0.25) is 9.69 Å². The van der Waals surface area contributed by atoms with Gasteiger partial charge in [-0.1, -0.05) is 60.7 Å². The molecule has 2 aromatic carbocycles. The molecule has 0 aromatic heterocycles. The number of hydrogen-bond acceptors (Lipinski definition) is 2. The van der Waals surface area contributed by atoms with E-state index in [1.54, 1.807) is 0 Å². The highest BCUT2D eigenvalue weighted by molar-refractivity contribution is 5.94. The fourth-order valence-corrected chi connectivity index (χ4v) is 3.02. The Bertz CT molecular complexity index is 659. The average molecular weight is 320 g/mol. The zero-order valence-corrected chi connectivity index (χ0v) is 13.9. The van der Waals surface area contributed by atoms with Crippen molar-refractivity contribution in [1.82, 2.24) is 10.2 Å². The molecule has 1 amide bonds. The van der Waals surface area contributed by atoms with E-state index in [-0.39, 0.29) is 11.9 Å². The van der Waals surface area contributed by atoms with Crippen molar-refractivity contribution in [2.75, 3.05) is 19.6 Å². The van der Waals surface area contributed by atoms with E-state index in [0.29, 0.717) is 0 Å². The first kappa shape index (κ1) is 16.5. The summed E-state index contributed by atoms with van der Waals surface area (Å²) >= 11 is 0. The predicted molar refractivity (Wildman–Crippen MR) is 98.8 cm³/mol. The van der Waals surface area contributed by atoms with Crippen LogP contribution in [0, 0.1) is 0 Å². The predicted octanol–water partition coefficient (Wildman–Crippen LogP) is 3.59. The summed E-state index contributed by atoms with van der Waals surface area (Å²) in [4.78, 5) is 14.6. The van der Waals surface area contributed by atoms with Crippen molar-refractivity contribution in [1.29, 1.82) is 0 Å². The third-order valence-electron chi connectivity index (χ3n) is 4.43. The summed E-state index contributed by atoms with van der Waals surface area (Å²) in [7, 11) is 0. The first-order chi connectivity index (χ1) is 11.8. The highest BCUT2D eigenvalue weighted by atomic mass is 16.1. The van der Waals surface area contributed by atoms with Gasteiger partial charge in [0.15, 0.2) is 0 Å². The molecule has 0 atom stereocenters. The summed E-state index contributed by atoms with van der Waals surface area (Å²) in [6, 6.07) is 20.1. The zero-order valence-electron chi connectivity index (χ0n) is 13.9. The minimum Gasteiger partial charge on any atom is -0.349 e. The van der Waals surface area contributed by atoms with Crippen LogP contribution in [-0.2, 0) is 0 Å². The fourth-order valence-electron chi connectivity index (χ4n) is 3.02. The van der Waals surface area contributed by atoms with Gasteiger partial charge in [0.25, 0.3) is 5.91 Å². The van der Waals surface area contributed by atoms with E-state index in [2.05, 4.69) is 46.6 Å². The summed E-state index contributed by atoms with van der Waals surface area (Å²) in [5.41, 5.74) is 1.98. The van der Waals surface area contributed by atoms with E-state index in [0.717, 1.165) is 38.0 Å². The molecule has 124 valence electrons. The number of amides is 1. The molecule has 0 unspecified atom stereocenters. The third-order valence-corrected chi connectivity index (χ3v) is 4.43. The Hall–Kier alpha value is -2.39. The second-order valence-corrected chi connectivity index (χ2v) is 6.23. The van der Waals surface area contributed by atoms with Crippen LogP contribution in [0.25, 0.3) is 6.08 Å². The van der Waals surface area contributed by atoms with Crippen molar-refractivity contribution >= 4 is 12.0 Å². The van der Waals surface area contributed by atoms with Crippen LogP contribution in [0.4, 0.5) is 0 Å². The number of hydrogen-bond donors (Lipinski definition) is 1. The molecule has 1 saturated heterocycles. The van der Waals surface area contributed by atoms with E-state index in [4.69, 9.17) is 0 Å². The van der Waals surface area contributed by atoms with Crippen molar-refractivity contribution in [3.63, 3.8) is 0 Å². The molecule has 3 rings (SSSR count). The number of nitrogens with zero attached hydrogens (tertiary/aromatic N) is 1. The van der Waals surface area contributed by atoms with Crippen LogP contribution < -0.4 is 5.32 Å². The lowest BCUT2D eigenvalue weighted by Crippen LogP contribution is -2.44. The Balaban J connectivity index is 1.41. The summed E-state index contributed by atoms with van der Waals surface area (Å²) in [6.07, 6.45) is 6.41. The lowest BCUT2D eigenvalue weighted by molar-refractivity contribution is 0.0914. The molecule has 1 fully saturated rings. The summed E-state index contributed by atoms with van der Waals surface area (Å²) < 4.78 is 0. The Morgan fingerprint density at radius 3 is 2.29 bits per heavy atom. The van der Waals surface area contributed by atoms with Gasteiger partial charge in [0.2, 0.25) is 0 Å². The Morgan fingerprint density at radius 2 is 1.62 bits per heavy atom. The molecule has 24 heavy (non-hydrogen) atoms. The third kappa shape index (κ3) is 4.80. The fraction of sp³-hybridized carbons (Fsp3) is 0.286. The maximum atomic E-state index is 12.2. The van der Waals surface area contributed by atoms with Gasteiger partial charge in [-0.15, -0.1) is 0 Å². The van der Waals surface area contributed by atoms with Crippen LogP contribution in [0.2, 0.25) is 0 Å². The SMILES string of the molecule is O=C(NC1CCN(C/C=C/c2ccccc2)CC1)c1ccccc1. The van der Waals surface area contributed by atoms with E-state index in [9.17, 15) is 4.79 Å². The minimum absolute atomic E-state index is 0.0398. The van der Waals surface area contributed by atoms with Crippen LogP contribution in [-0.4, -0.2) is 36.5 Å². The highest BCUT2D eigenvalue weighted by Gasteiger charge is 2.20. The molecule has 2 aromatic rings. The van der Waals surface area contributed by atoms with Crippen molar-refractivity contribution in [2.45, 2.75) is 18.9 Å². The molecule has 1 aliphatic rings. The van der Waals surface area contributed by atoms with Gasteiger partial charge >= 0.3 is 0 Å². The number of carbonyl (C=O) groups excluding carboxylic acids is 1. The summed E-state index contributed by atoms with van der Waals surface area (Å²) in [5, 5.41) is 3.15. The Morgan fingerprint density at radius 1 is 1.00 bits per heavy atom. The number of likely N-dealkylation sites (tertiary alicyclic amines) is 1. The second-order valence-electron chi connectivity index (χ2n) is 6.23. The number of rotatable bonds is 5. The van der Waals surface area contributed by atoms with Crippen LogP contribution in [0.15, 0.2) is 66.7 Å². The van der Waals surface area contributed by atoms with Crippen molar-refractivity contribution < 1.29 is 4.79 Å². The van der Waals surface area contributed by atoms with Gasteiger partial charge in [-0.25, -0.2) is 0 Å². The number of piperidine rings is 1. The van der Waals surface area contributed by atoms with Crippen LogP contribution in [0.3, 0.4) is 0 Å². The first-order valence-corrected chi connectivity index (χ1v) is 8.61. The highest BCUT2D eigenvalue weighted by Crippen LogP contribution is 2.12. The normalized spacial score (nSPS) is 16.3. The molecular formula is C21H24N2O. The summed E-state index contributed by atoms with van der Waals surface area (Å²) in [6.45, 7) is 3.02. The number of nitrogens with one attached hydrogen (secondary N) is 1. The number of carbonyl (C=O) groups is 1. The largest absolute Gasteiger partial charge is 0.349 e. The minimum atomic E-state index is 0.0398. The van der Waals surface area contributed by atoms with E-state index in [1.165, 1.54) is 5.56 Å². The molecular weight excluding hydrogens is 296 g/mol. The van der Waals surface area contributed by atoms with Gasteiger partial charge < -0.3 is 5.32 Å². The van der Waals surface area contributed by atoms with Crippen molar-refractivity contribution in [3.05, 3.63) is 77.9 Å². The van der Waals surface area contributed by atoms with Gasteiger partial charge in [0, 0.05) is 31.2 Å². The van der Waals surface area contributed by atoms with Crippen LogP contribution in [0.5, 0.6) is 0 Å². The monoisotopic (exact) mass is 320 g/mol. The van der Waals surface area contributed by atoms with Gasteiger partial charge in [0.05, 0.1) is 0 Å². The summed E-state index contributed by atoms with van der Waals surface area (Å²) in [5.74, 6) is 0.0398. The second kappa shape index (κ2) is 8.46. The van der Waals surface area contributed by atoms with Gasteiger partial charge in [0.1, 0.15) is 0 Å². The standard InChI is InChI=1S/C21H24N2O/c24-21(19-11-5-2-6-12-19)22-20-13-16-23(17-14-20)15-7-10-18-8-3-1-4-9-18/h1-12,20H,13-17H2,(H,22,24)/b10-7+. The van der Waals surface area contributed by atoms with Crippen molar-refractivity contribution in [2.24, 2.45) is 0 Å². The first-order valence-electron chi connectivity index (χ1n) is 8.61. The molecule has 3 nitrogen and oxygen atoms in total. The average Bonchev–Trinajstić information content (AvgIpc) is 2.65. The molecule has 1 heterocycles.